The van der Waals surface area contributed by atoms with Gasteiger partial charge < -0.3 is 15.6 Å². The maximum Gasteiger partial charge on any atom is 0.229 e. The van der Waals surface area contributed by atoms with Gasteiger partial charge in [-0.2, -0.15) is 4.98 Å². The van der Waals surface area contributed by atoms with Crippen molar-refractivity contribution in [1.82, 2.24) is 19.9 Å². The predicted molar refractivity (Wildman–Crippen MR) is 82.8 cm³/mol. The molecule has 4 rings (SSSR count). The second kappa shape index (κ2) is 4.73. The van der Waals surface area contributed by atoms with Gasteiger partial charge in [-0.15, -0.1) is 0 Å². The standard InChI is InChI=1S/C15H16N6/c1-9-7-18-15(21-13(9)19-11-2-3-11)20-12-6-10-4-5-16-14(10)17-8-12/h4-8,11H,2-3H2,1H3,(H,16,17)(H2,18,19,20,21). The van der Waals surface area contributed by atoms with Crippen LogP contribution in [0.5, 0.6) is 0 Å². The van der Waals surface area contributed by atoms with Crippen molar-refractivity contribution >= 4 is 28.5 Å². The molecule has 0 saturated heterocycles. The lowest BCUT2D eigenvalue weighted by atomic mass is 10.3. The highest BCUT2D eigenvalue weighted by atomic mass is 15.2. The third-order valence-corrected chi connectivity index (χ3v) is 3.55. The Morgan fingerprint density at radius 1 is 1.24 bits per heavy atom. The molecule has 0 bridgehead atoms. The first-order chi connectivity index (χ1) is 10.3. The minimum absolute atomic E-state index is 0.573. The lowest BCUT2D eigenvalue weighted by Gasteiger charge is -2.10. The Bertz CT molecular complexity index is 790. The number of rotatable bonds is 4. The molecule has 1 saturated carbocycles. The first-order valence-electron chi connectivity index (χ1n) is 7.08. The summed E-state index contributed by atoms with van der Waals surface area (Å²) in [6.45, 7) is 2.02. The van der Waals surface area contributed by atoms with Crippen LogP contribution in [0.1, 0.15) is 18.4 Å². The smallest absolute Gasteiger partial charge is 0.229 e. The van der Waals surface area contributed by atoms with Crippen LogP contribution < -0.4 is 10.6 Å². The summed E-state index contributed by atoms with van der Waals surface area (Å²) < 4.78 is 0. The topological polar surface area (TPSA) is 78.5 Å². The van der Waals surface area contributed by atoms with E-state index in [0.29, 0.717) is 12.0 Å². The summed E-state index contributed by atoms with van der Waals surface area (Å²) >= 11 is 0. The molecule has 6 nitrogen and oxygen atoms in total. The Morgan fingerprint density at radius 2 is 2.14 bits per heavy atom. The molecule has 6 heteroatoms. The van der Waals surface area contributed by atoms with Gasteiger partial charge in [0.1, 0.15) is 11.5 Å². The van der Waals surface area contributed by atoms with Crippen molar-refractivity contribution in [3.63, 3.8) is 0 Å². The van der Waals surface area contributed by atoms with Gasteiger partial charge in [-0.1, -0.05) is 0 Å². The minimum atomic E-state index is 0.573. The molecule has 0 aliphatic heterocycles. The SMILES string of the molecule is Cc1cnc(Nc2cnc3[nH]ccc3c2)nc1NC1CC1. The molecule has 1 aliphatic rings. The van der Waals surface area contributed by atoms with Crippen LogP contribution in [0.3, 0.4) is 0 Å². The third kappa shape index (κ3) is 2.52. The lowest BCUT2D eigenvalue weighted by molar-refractivity contribution is 1.06. The Balaban J connectivity index is 1.60. The van der Waals surface area contributed by atoms with Gasteiger partial charge >= 0.3 is 0 Å². The first kappa shape index (κ1) is 12.1. The normalized spacial score (nSPS) is 14.3. The monoisotopic (exact) mass is 280 g/mol. The second-order valence-electron chi connectivity index (χ2n) is 5.41. The van der Waals surface area contributed by atoms with Crippen LogP contribution in [0.2, 0.25) is 0 Å². The fraction of sp³-hybridized carbons (Fsp3) is 0.267. The number of hydrogen-bond donors (Lipinski definition) is 3. The number of pyridine rings is 1. The van der Waals surface area contributed by atoms with E-state index >= 15 is 0 Å². The van der Waals surface area contributed by atoms with E-state index in [4.69, 9.17) is 0 Å². The summed E-state index contributed by atoms with van der Waals surface area (Å²) in [6, 6.07) is 4.59. The van der Waals surface area contributed by atoms with Crippen molar-refractivity contribution < 1.29 is 0 Å². The van der Waals surface area contributed by atoms with Gasteiger partial charge in [0.15, 0.2) is 0 Å². The molecule has 0 atom stereocenters. The molecule has 0 amide bonds. The Labute approximate surface area is 122 Å². The Morgan fingerprint density at radius 3 is 3.00 bits per heavy atom. The Kier molecular flexibility index (Phi) is 2.73. The van der Waals surface area contributed by atoms with Gasteiger partial charge in [-0.25, -0.2) is 9.97 Å². The lowest BCUT2D eigenvalue weighted by Crippen LogP contribution is -2.07. The summed E-state index contributed by atoms with van der Waals surface area (Å²) in [5.74, 6) is 1.49. The molecule has 3 aromatic rings. The summed E-state index contributed by atoms with van der Waals surface area (Å²) in [5.41, 5.74) is 2.82. The third-order valence-electron chi connectivity index (χ3n) is 3.55. The Hall–Kier alpha value is -2.63. The van der Waals surface area contributed by atoms with Crippen LogP contribution in [0.15, 0.2) is 30.7 Å². The fourth-order valence-electron chi connectivity index (χ4n) is 2.21. The quantitative estimate of drug-likeness (QED) is 0.684. The molecular weight excluding hydrogens is 264 g/mol. The van der Waals surface area contributed by atoms with Crippen molar-refractivity contribution in [2.45, 2.75) is 25.8 Å². The number of anilines is 3. The summed E-state index contributed by atoms with van der Waals surface area (Å²) in [4.78, 5) is 16.3. The first-order valence-corrected chi connectivity index (χ1v) is 7.08. The highest BCUT2D eigenvalue weighted by molar-refractivity contribution is 5.79. The molecule has 106 valence electrons. The number of hydrogen-bond acceptors (Lipinski definition) is 5. The highest BCUT2D eigenvalue weighted by Crippen LogP contribution is 2.26. The van der Waals surface area contributed by atoms with Crippen LogP contribution in [0.25, 0.3) is 11.0 Å². The molecule has 0 aromatic carbocycles. The van der Waals surface area contributed by atoms with Crippen molar-refractivity contribution in [3.8, 4) is 0 Å². The van der Waals surface area contributed by atoms with E-state index < -0.39 is 0 Å². The molecule has 1 fully saturated rings. The zero-order valence-electron chi connectivity index (χ0n) is 11.7. The van der Waals surface area contributed by atoms with Crippen molar-refractivity contribution in [2.75, 3.05) is 10.6 Å². The van der Waals surface area contributed by atoms with E-state index in [2.05, 4.69) is 30.6 Å². The maximum absolute atomic E-state index is 4.55. The zero-order chi connectivity index (χ0) is 14.2. The van der Waals surface area contributed by atoms with Gasteiger partial charge in [0, 0.05) is 29.4 Å². The zero-order valence-corrected chi connectivity index (χ0v) is 11.7. The van der Waals surface area contributed by atoms with E-state index in [1.807, 2.05) is 31.5 Å². The predicted octanol–water partition coefficient (Wildman–Crippen LogP) is 2.98. The van der Waals surface area contributed by atoms with Gasteiger partial charge in [0.05, 0.1) is 11.9 Å². The van der Waals surface area contributed by atoms with E-state index in [1.54, 1.807) is 6.20 Å². The summed E-state index contributed by atoms with van der Waals surface area (Å²) in [5, 5.41) is 7.69. The van der Waals surface area contributed by atoms with Crippen molar-refractivity contribution in [2.24, 2.45) is 0 Å². The van der Waals surface area contributed by atoms with E-state index in [0.717, 1.165) is 28.1 Å². The average molecular weight is 280 g/mol. The van der Waals surface area contributed by atoms with Crippen LogP contribution in [-0.4, -0.2) is 26.0 Å². The summed E-state index contributed by atoms with van der Waals surface area (Å²) in [6.07, 6.45) is 7.93. The van der Waals surface area contributed by atoms with Crippen molar-refractivity contribution in [1.29, 1.82) is 0 Å². The highest BCUT2D eigenvalue weighted by Gasteiger charge is 2.22. The van der Waals surface area contributed by atoms with Crippen LogP contribution in [-0.2, 0) is 0 Å². The largest absolute Gasteiger partial charge is 0.367 e. The number of fused-ring (bicyclic) bond motifs is 1. The number of nitrogens with one attached hydrogen (secondary N) is 3. The van der Waals surface area contributed by atoms with Crippen LogP contribution >= 0.6 is 0 Å². The molecule has 3 N–H and O–H groups in total. The van der Waals surface area contributed by atoms with E-state index in [1.165, 1.54) is 12.8 Å². The number of aromatic nitrogens is 4. The van der Waals surface area contributed by atoms with Crippen molar-refractivity contribution in [3.05, 3.63) is 36.3 Å². The molecule has 0 spiro atoms. The number of aromatic amines is 1. The van der Waals surface area contributed by atoms with Gasteiger partial charge in [0.25, 0.3) is 0 Å². The molecule has 0 unspecified atom stereocenters. The molecule has 3 heterocycles. The van der Waals surface area contributed by atoms with Crippen LogP contribution in [0.4, 0.5) is 17.5 Å². The molecular formula is C15H16N6. The maximum atomic E-state index is 4.55. The number of H-pyrrole nitrogens is 1. The number of nitrogens with zero attached hydrogens (tertiary/aromatic N) is 3. The van der Waals surface area contributed by atoms with Gasteiger partial charge in [-0.05, 0) is 31.9 Å². The van der Waals surface area contributed by atoms with E-state index in [9.17, 15) is 0 Å². The minimum Gasteiger partial charge on any atom is -0.367 e. The number of aryl methyl sites for hydroxylation is 1. The summed E-state index contributed by atoms with van der Waals surface area (Å²) in [7, 11) is 0. The van der Waals surface area contributed by atoms with E-state index in [-0.39, 0.29) is 0 Å². The second-order valence-corrected chi connectivity index (χ2v) is 5.41. The van der Waals surface area contributed by atoms with Gasteiger partial charge in [-0.3, -0.25) is 0 Å². The average Bonchev–Trinajstić information content (AvgIpc) is 3.17. The molecule has 1 aliphatic carbocycles. The molecule has 21 heavy (non-hydrogen) atoms. The van der Waals surface area contributed by atoms with Crippen LogP contribution in [0, 0.1) is 6.92 Å². The molecule has 3 aromatic heterocycles. The fourth-order valence-corrected chi connectivity index (χ4v) is 2.21. The molecule has 0 radical (unpaired) electrons. The van der Waals surface area contributed by atoms with Gasteiger partial charge in [0.2, 0.25) is 5.95 Å².